The highest BCUT2D eigenvalue weighted by atomic mass is 32.2. The average molecular weight is 201 g/mol. The third kappa shape index (κ3) is 2.48. The Bertz CT molecular complexity index is 302. The van der Waals surface area contributed by atoms with Crippen LogP contribution in [0.25, 0.3) is 0 Å². The van der Waals surface area contributed by atoms with Crippen molar-refractivity contribution in [2.75, 3.05) is 0 Å². The molecule has 0 fully saturated rings. The fourth-order valence-electron chi connectivity index (χ4n) is 0.695. The number of aryl methyl sites for hydroxylation is 2. The van der Waals surface area contributed by atoms with E-state index in [2.05, 4.69) is 4.98 Å². The topological polar surface area (TPSA) is 63.3 Å². The van der Waals surface area contributed by atoms with Gasteiger partial charge in [0.15, 0.2) is 0 Å². The molecule has 1 aromatic rings. The lowest BCUT2D eigenvalue weighted by atomic mass is 10.4. The highest BCUT2D eigenvalue weighted by Gasteiger charge is 2.16. The van der Waals surface area contributed by atoms with Crippen LogP contribution in [0.15, 0.2) is 9.64 Å². The fraction of sp³-hybridized carbons (Fsp3) is 0.500. The number of hydrogen-bond donors (Lipinski definition) is 1. The molecule has 0 bridgehead atoms. The molecule has 0 saturated carbocycles. The average Bonchev–Trinajstić information content (AvgIpc) is 2.31. The van der Waals surface area contributed by atoms with E-state index in [4.69, 9.17) is 9.52 Å². The predicted molar refractivity (Wildman–Crippen MR) is 48.9 cm³/mol. The standard InChI is InChI=1S/C8H11NO3S/c1-4-5(2)12-8(9-4)13-6(3)7(10)11/h6H,1-3H3,(H,10,11)/t6-/m1/s1. The van der Waals surface area contributed by atoms with Crippen LogP contribution in [0, 0.1) is 13.8 Å². The minimum absolute atomic E-state index is 0.421. The number of thioether (sulfide) groups is 1. The summed E-state index contributed by atoms with van der Waals surface area (Å²) in [5.41, 5.74) is 0.806. The maximum absolute atomic E-state index is 10.5. The van der Waals surface area contributed by atoms with Gasteiger partial charge in [0.2, 0.25) is 0 Å². The Morgan fingerprint density at radius 2 is 2.23 bits per heavy atom. The fourth-order valence-corrected chi connectivity index (χ4v) is 1.46. The number of hydrogen-bond acceptors (Lipinski definition) is 4. The number of aliphatic carboxylic acids is 1. The first-order valence-corrected chi connectivity index (χ1v) is 4.72. The van der Waals surface area contributed by atoms with Crippen LogP contribution in [0.2, 0.25) is 0 Å². The molecule has 0 aliphatic heterocycles. The van der Waals surface area contributed by atoms with E-state index in [-0.39, 0.29) is 0 Å². The lowest BCUT2D eigenvalue weighted by molar-refractivity contribution is -0.136. The quantitative estimate of drug-likeness (QED) is 0.756. The predicted octanol–water partition coefficient (Wildman–Crippen LogP) is 1.86. The molecule has 4 nitrogen and oxygen atoms in total. The Balaban J connectivity index is 2.69. The second kappa shape index (κ2) is 3.83. The molecule has 0 unspecified atom stereocenters. The summed E-state index contributed by atoms with van der Waals surface area (Å²) in [5, 5.41) is 8.52. The molecule has 0 radical (unpaired) electrons. The van der Waals surface area contributed by atoms with Crippen LogP contribution in [0.3, 0.4) is 0 Å². The summed E-state index contributed by atoms with van der Waals surface area (Å²) in [6.07, 6.45) is 0. The zero-order chi connectivity index (χ0) is 10.0. The van der Waals surface area contributed by atoms with Crippen LogP contribution < -0.4 is 0 Å². The Hall–Kier alpha value is -0.970. The summed E-state index contributed by atoms with van der Waals surface area (Å²) in [5.74, 6) is -0.126. The first-order valence-electron chi connectivity index (χ1n) is 3.84. The molecule has 0 saturated heterocycles. The van der Waals surface area contributed by atoms with Gasteiger partial charge < -0.3 is 9.52 Å². The monoisotopic (exact) mass is 201 g/mol. The van der Waals surface area contributed by atoms with E-state index < -0.39 is 11.2 Å². The second-order valence-electron chi connectivity index (χ2n) is 2.72. The largest absolute Gasteiger partial charge is 0.480 e. The number of carbonyl (C=O) groups is 1. The van der Waals surface area contributed by atoms with E-state index in [0.29, 0.717) is 5.22 Å². The minimum atomic E-state index is -0.862. The van der Waals surface area contributed by atoms with Gasteiger partial charge in [0, 0.05) is 0 Å². The number of rotatable bonds is 3. The lowest BCUT2D eigenvalue weighted by Gasteiger charge is -1.99. The van der Waals surface area contributed by atoms with E-state index in [1.807, 2.05) is 6.92 Å². The SMILES string of the molecule is Cc1nc(S[C@H](C)C(=O)O)oc1C. The lowest BCUT2D eigenvalue weighted by Crippen LogP contribution is -2.10. The van der Waals surface area contributed by atoms with Crippen LogP contribution in [-0.2, 0) is 4.79 Å². The maximum atomic E-state index is 10.5. The molecule has 5 heteroatoms. The van der Waals surface area contributed by atoms with Crippen LogP contribution in [0.5, 0.6) is 0 Å². The number of nitrogens with zero attached hydrogens (tertiary/aromatic N) is 1. The molecule has 1 N–H and O–H groups in total. The smallest absolute Gasteiger partial charge is 0.316 e. The van der Waals surface area contributed by atoms with Gasteiger partial charge in [0.25, 0.3) is 5.22 Å². The van der Waals surface area contributed by atoms with Gasteiger partial charge in [-0.05, 0) is 20.8 Å². The summed E-state index contributed by atoms with van der Waals surface area (Å²) in [4.78, 5) is 14.6. The molecular formula is C8H11NO3S. The van der Waals surface area contributed by atoms with Crippen molar-refractivity contribution < 1.29 is 14.3 Å². The van der Waals surface area contributed by atoms with Crippen molar-refractivity contribution in [1.29, 1.82) is 0 Å². The number of oxazole rings is 1. The molecule has 1 aromatic heterocycles. The van der Waals surface area contributed by atoms with Gasteiger partial charge in [0.05, 0.1) is 5.69 Å². The van der Waals surface area contributed by atoms with Crippen LogP contribution in [0.1, 0.15) is 18.4 Å². The maximum Gasteiger partial charge on any atom is 0.316 e. The van der Waals surface area contributed by atoms with E-state index in [9.17, 15) is 4.79 Å². The molecule has 1 heterocycles. The molecular weight excluding hydrogens is 190 g/mol. The Morgan fingerprint density at radius 3 is 2.62 bits per heavy atom. The van der Waals surface area contributed by atoms with Crippen LogP contribution in [-0.4, -0.2) is 21.3 Å². The normalized spacial score (nSPS) is 12.8. The third-order valence-electron chi connectivity index (χ3n) is 1.63. The second-order valence-corrected chi connectivity index (χ2v) is 4.01. The van der Waals surface area contributed by atoms with Gasteiger partial charge in [-0.2, -0.15) is 0 Å². The van der Waals surface area contributed by atoms with Gasteiger partial charge in [0.1, 0.15) is 11.0 Å². The molecule has 13 heavy (non-hydrogen) atoms. The van der Waals surface area contributed by atoms with Crippen molar-refractivity contribution >= 4 is 17.7 Å². The van der Waals surface area contributed by atoms with E-state index in [0.717, 1.165) is 23.2 Å². The molecule has 1 atom stereocenters. The Morgan fingerprint density at radius 1 is 1.62 bits per heavy atom. The molecule has 0 spiro atoms. The molecule has 72 valence electrons. The summed E-state index contributed by atoms with van der Waals surface area (Å²) >= 11 is 1.11. The van der Waals surface area contributed by atoms with Crippen molar-refractivity contribution in [3.05, 3.63) is 11.5 Å². The zero-order valence-corrected chi connectivity index (χ0v) is 8.51. The van der Waals surface area contributed by atoms with E-state index in [1.54, 1.807) is 13.8 Å². The summed E-state index contributed by atoms with van der Waals surface area (Å²) < 4.78 is 5.22. The summed E-state index contributed by atoms with van der Waals surface area (Å²) in [6.45, 7) is 5.23. The van der Waals surface area contributed by atoms with Crippen LogP contribution in [0.4, 0.5) is 0 Å². The van der Waals surface area contributed by atoms with Crippen molar-refractivity contribution in [2.24, 2.45) is 0 Å². The Labute approximate surface area is 80.3 Å². The van der Waals surface area contributed by atoms with E-state index in [1.165, 1.54) is 0 Å². The van der Waals surface area contributed by atoms with Crippen molar-refractivity contribution in [3.8, 4) is 0 Å². The first kappa shape index (κ1) is 10.1. The minimum Gasteiger partial charge on any atom is -0.480 e. The van der Waals surface area contributed by atoms with Gasteiger partial charge >= 0.3 is 5.97 Å². The van der Waals surface area contributed by atoms with Gasteiger partial charge in [-0.25, -0.2) is 4.98 Å². The summed E-state index contributed by atoms with van der Waals surface area (Å²) in [6, 6.07) is 0. The number of aromatic nitrogens is 1. The molecule has 0 aromatic carbocycles. The summed E-state index contributed by atoms with van der Waals surface area (Å²) in [7, 11) is 0. The number of carboxylic acids is 1. The van der Waals surface area contributed by atoms with Crippen molar-refractivity contribution in [1.82, 2.24) is 4.98 Å². The highest BCUT2D eigenvalue weighted by molar-refractivity contribution is 8.00. The van der Waals surface area contributed by atoms with Crippen molar-refractivity contribution in [2.45, 2.75) is 31.2 Å². The van der Waals surface area contributed by atoms with Gasteiger partial charge in [-0.15, -0.1) is 0 Å². The molecule has 0 aliphatic carbocycles. The van der Waals surface area contributed by atoms with Crippen LogP contribution >= 0.6 is 11.8 Å². The molecule has 0 amide bonds. The van der Waals surface area contributed by atoms with Gasteiger partial charge in [-0.1, -0.05) is 11.8 Å². The zero-order valence-electron chi connectivity index (χ0n) is 7.70. The van der Waals surface area contributed by atoms with Gasteiger partial charge in [-0.3, -0.25) is 4.79 Å². The molecule has 0 aliphatic rings. The Kier molecular flexibility index (Phi) is 2.98. The van der Waals surface area contributed by atoms with Crippen molar-refractivity contribution in [3.63, 3.8) is 0 Å². The van der Waals surface area contributed by atoms with E-state index >= 15 is 0 Å². The third-order valence-corrected chi connectivity index (χ3v) is 2.57. The highest BCUT2D eigenvalue weighted by Crippen LogP contribution is 2.24. The first-order chi connectivity index (χ1) is 6.00. The molecule has 1 rings (SSSR count). The number of carboxylic acid groups (broad SMARTS) is 1.